The van der Waals surface area contributed by atoms with Crippen LogP contribution in [0.1, 0.15) is 68.8 Å². The third-order valence-electron chi connectivity index (χ3n) is 6.23. The van der Waals surface area contributed by atoms with Crippen molar-refractivity contribution in [3.63, 3.8) is 0 Å². The number of anilines is 2. The molecule has 8 heteroatoms. The van der Waals surface area contributed by atoms with Crippen LogP contribution in [0.25, 0.3) is 11.3 Å². The molecule has 0 bridgehead atoms. The van der Waals surface area contributed by atoms with Gasteiger partial charge in [-0.05, 0) is 38.2 Å². The number of amides is 1. The van der Waals surface area contributed by atoms with Crippen molar-refractivity contribution in [2.75, 3.05) is 11.1 Å². The molecule has 8 nitrogen and oxygen atoms in total. The normalized spacial score (nSPS) is 13.6. The summed E-state index contributed by atoms with van der Waals surface area (Å²) in [7, 11) is 0. The van der Waals surface area contributed by atoms with Gasteiger partial charge in [0.05, 0.1) is 12.1 Å². The molecule has 1 aliphatic carbocycles. The van der Waals surface area contributed by atoms with Gasteiger partial charge in [0.15, 0.2) is 0 Å². The number of hydrogen-bond acceptors (Lipinski definition) is 6. The number of carbonyl (C=O) groups excluding carboxylic acids is 1. The first-order valence-corrected chi connectivity index (χ1v) is 11.6. The quantitative estimate of drug-likeness (QED) is 0.483. The molecule has 33 heavy (non-hydrogen) atoms. The van der Waals surface area contributed by atoms with Crippen LogP contribution in [-0.2, 0) is 17.6 Å². The third kappa shape index (κ3) is 5.25. The Morgan fingerprint density at radius 1 is 1.33 bits per heavy atom. The van der Waals surface area contributed by atoms with Crippen LogP contribution in [-0.4, -0.2) is 20.8 Å². The molecule has 0 aliphatic heterocycles. The average molecular weight is 447 g/mol. The molecule has 0 unspecified atom stereocenters. The van der Waals surface area contributed by atoms with Crippen molar-refractivity contribution < 1.29 is 9.32 Å². The Labute approximate surface area is 193 Å². The molecule has 3 N–H and O–H groups in total. The number of nitrogen functional groups attached to an aromatic ring is 1. The highest BCUT2D eigenvalue weighted by molar-refractivity contribution is 5.91. The van der Waals surface area contributed by atoms with E-state index in [1.165, 1.54) is 25.7 Å². The van der Waals surface area contributed by atoms with Crippen LogP contribution >= 0.6 is 0 Å². The highest BCUT2D eigenvalue weighted by Gasteiger charge is 2.19. The molecular formula is C25H30N6O2. The number of aromatic nitrogens is 3. The highest BCUT2D eigenvalue weighted by Crippen LogP contribution is 2.31. The minimum Gasteiger partial charge on any atom is -0.383 e. The summed E-state index contributed by atoms with van der Waals surface area (Å²) in [5, 5.41) is 20.9. The highest BCUT2D eigenvalue weighted by atomic mass is 16.5. The third-order valence-corrected chi connectivity index (χ3v) is 6.23. The van der Waals surface area contributed by atoms with Gasteiger partial charge in [-0.25, -0.2) is 4.68 Å². The molecule has 4 rings (SSSR count). The fraction of sp³-hybridized carbons (Fsp3) is 0.440. The van der Waals surface area contributed by atoms with Gasteiger partial charge in [0.2, 0.25) is 11.8 Å². The number of nitrogens with zero attached hydrogens (tertiary/aromatic N) is 4. The SMILES string of the molecule is CC(C)n1nc(-c2ccc(CC(=O)Nc3cc(CCCC4CCC4)no3)cc2)c(C#N)c1N. The Hall–Kier alpha value is -3.60. The van der Waals surface area contributed by atoms with Crippen LogP contribution in [0, 0.1) is 17.2 Å². The van der Waals surface area contributed by atoms with E-state index < -0.39 is 0 Å². The van der Waals surface area contributed by atoms with Crippen molar-refractivity contribution in [3.05, 3.63) is 47.2 Å². The Kier molecular flexibility index (Phi) is 6.78. The predicted octanol–water partition coefficient (Wildman–Crippen LogP) is 4.88. The molecule has 0 radical (unpaired) electrons. The van der Waals surface area contributed by atoms with Crippen molar-refractivity contribution >= 4 is 17.6 Å². The molecule has 1 fully saturated rings. The van der Waals surface area contributed by atoms with Gasteiger partial charge in [0.25, 0.3) is 0 Å². The number of aryl methyl sites for hydroxylation is 1. The van der Waals surface area contributed by atoms with Crippen LogP contribution in [0.4, 0.5) is 11.7 Å². The summed E-state index contributed by atoms with van der Waals surface area (Å²) in [4.78, 5) is 12.4. The van der Waals surface area contributed by atoms with Gasteiger partial charge in [0.1, 0.15) is 23.1 Å². The van der Waals surface area contributed by atoms with E-state index in [9.17, 15) is 10.1 Å². The lowest BCUT2D eigenvalue weighted by Crippen LogP contribution is -2.13. The van der Waals surface area contributed by atoms with Crippen molar-refractivity contribution in [3.8, 4) is 17.3 Å². The number of nitrogens with two attached hydrogens (primary N) is 1. The summed E-state index contributed by atoms with van der Waals surface area (Å²) in [5.74, 6) is 1.45. The Morgan fingerprint density at radius 2 is 2.09 bits per heavy atom. The Morgan fingerprint density at radius 3 is 2.73 bits per heavy atom. The van der Waals surface area contributed by atoms with Gasteiger partial charge in [-0.15, -0.1) is 0 Å². The van der Waals surface area contributed by atoms with Gasteiger partial charge in [-0.1, -0.05) is 55.1 Å². The fourth-order valence-corrected chi connectivity index (χ4v) is 4.14. The zero-order valence-electron chi connectivity index (χ0n) is 19.2. The molecule has 1 amide bonds. The molecular weight excluding hydrogens is 416 g/mol. The maximum Gasteiger partial charge on any atom is 0.231 e. The van der Waals surface area contributed by atoms with Gasteiger partial charge in [-0.3, -0.25) is 10.1 Å². The minimum absolute atomic E-state index is 0.0492. The topological polar surface area (TPSA) is 123 Å². The Balaban J connectivity index is 1.33. The lowest BCUT2D eigenvalue weighted by Gasteiger charge is -2.24. The van der Waals surface area contributed by atoms with E-state index in [2.05, 4.69) is 21.6 Å². The second-order valence-electron chi connectivity index (χ2n) is 9.05. The maximum absolute atomic E-state index is 12.4. The number of carbonyl (C=O) groups is 1. The maximum atomic E-state index is 12.4. The van der Waals surface area contributed by atoms with E-state index in [-0.39, 0.29) is 18.4 Å². The number of nitriles is 1. The molecule has 172 valence electrons. The number of benzene rings is 1. The largest absolute Gasteiger partial charge is 0.383 e. The van der Waals surface area contributed by atoms with Gasteiger partial charge in [0, 0.05) is 17.7 Å². The second kappa shape index (κ2) is 9.90. The summed E-state index contributed by atoms with van der Waals surface area (Å²) in [6.07, 6.45) is 7.50. The van der Waals surface area contributed by atoms with E-state index in [1.54, 1.807) is 10.7 Å². The first kappa shape index (κ1) is 22.6. The van der Waals surface area contributed by atoms with Crippen LogP contribution in [0.2, 0.25) is 0 Å². The van der Waals surface area contributed by atoms with E-state index in [0.717, 1.165) is 35.6 Å². The standard InChI is InChI=1S/C25H30N6O2/c1-16(2)31-25(27)21(15-26)24(29-31)19-11-9-18(10-12-19)13-22(32)28-23-14-20(30-33-23)8-4-7-17-5-3-6-17/h9-12,14,16-17H,3-8,13,27H2,1-2H3,(H,28,32). The zero-order chi connectivity index (χ0) is 23.4. The molecule has 2 aromatic heterocycles. The van der Waals surface area contributed by atoms with Crippen molar-refractivity contribution in [1.29, 1.82) is 5.26 Å². The van der Waals surface area contributed by atoms with Crippen molar-refractivity contribution in [2.45, 2.75) is 64.8 Å². The summed E-state index contributed by atoms with van der Waals surface area (Å²) in [6, 6.07) is 11.4. The lowest BCUT2D eigenvalue weighted by molar-refractivity contribution is -0.115. The minimum atomic E-state index is -0.175. The van der Waals surface area contributed by atoms with E-state index in [4.69, 9.17) is 10.3 Å². The average Bonchev–Trinajstić information content (AvgIpc) is 3.34. The van der Waals surface area contributed by atoms with E-state index >= 15 is 0 Å². The van der Waals surface area contributed by atoms with Gasteiger partial charge in [-0.2, -0.15) is 10.4 Å². The summed E-state index contributed by atoms with van der Waals surface area (Å²) in [6.45, 7) is 3.92. The van der Waals surface area contributed by atoms with E-state index in [0.29, 0.717) is 23.0 Å². The molecule has 2 heterocycles. The van der Waals surface area contributed by atoms with Gasteiger partial charge < -0.3 is 10.3 Å². The number of rotatable bonds is 9. The zero-order valence-corrected chi connectivity index (χ0v) is 19.2. The molecule has 0 atom stereocenters. The van der Waals surface area contributed by atoms with Crippen molar-refractivity contribution in [2.24, 2.45) is 5.92 Å². The van der Waals surface area contributed by atoms with Crippen molar-refractivity contribution in [1.82, 2.24) is 14.9 Å². The summed E-state index contributed by atoms with van der Waals surface area (Å²) in [5.41, 5.74) is 9.49. The monoisotopic (exact) mass is 446 g/mol. The fourth-order valence-electron chi connectivity index (χ4n) is 4.14. The molecule has 1 saturated carbocycles. The predicted molar refractivity (Wildman–Crippen MR) is 126 cm³/mol. The van der Waals surface area contributed by atoms with Gasteiger partial charge >= 0.3 is 0 Å². The first-order valence-electron chi connectivity index (χ1n) is 11.6. The molecule has 0 saturated heterocycles. The van der Waals surface area contributed by atoms with Crippen LogP contribution < -0.4 is 11.1 Å². The number of nitrogens with one attached hydrogen (secondary N) is 1. The van der Waals surface area contributed by atoms with Crippen LogP contribution in [0.15, 0.2) is 34.9 Å². The Bertz CT molecular complexity index is 1150. The first-order chi connectivity index (χ1) is 15.9. The molecule has 1 aromatic carbocycles. The summed E-state index contributed by atoms with van der Waals surface area (Å²) >= 11 is 0. The van der Waals surface area contributed by atoms with Crippen LogP contribution in [0.3, 0.4) is 0 Å². The molecule has 1 aliphatic rings. The molecule has 3 aromatic rings. The molecule has 0 spiro atoms. The second-order valence-corrected chi connectivity index (χ2v) is 9.05. The summed E-state index contributed by atoms with van der Waals surface area (Å²) < 4.78 is 6.92. The number of hydrogen-bond donors (Lipinski definition) is 2. The lowest BCUT2D eigenvalue weighted by atomic mass is 9.82. The van der Waals surface area contributed by atoms with Crippen LogP contribution in [0.5, 0.6) is 0 Å². The smallest absolute Gasteiger partial charge is 0.231 e. The van der Waals surface area contributed by atoms with E-state index in [1.807, 2.05) is 38.1 Å².